The first-order valence-electron chi connectivity index (χ1n) is 4.36. The molecular weight excluding hydrogens is 243 g/mol. The van der Waals surface area contributed by atoms with Crippen molar-refractivity contribution in [1.29, 1.82) is 0 Å². The van der Waals surface area contributed by atoms with Crippen molar-refractivity contribution in [3.8, 4) is 0 Å². The first-order chi connectivity index (χ1) is 7.29. The summed E-state index contributed by atoms with van der Waals surface area (Å²) >= 11 is 0. The number of nitrogens with one attached hydrogen (secondary N) is 1. The summed E-state index contributed by atoms with van der Waals surface area (Å²) in [6.07, 6.45) is 1.01. The van der Waals surface area contributed by atoms with Gasteiger partial charge in [-0.05, 0) is 0 Å². The molecule has 1 aromatic rings. The highest BCUT2D eigenvalue weighted by Gasteiger charge is 2.11. The van der Waals surface area contributed by atoms with Crippen molar-refractivity contribution in [2.45, 2.75) is 0 Å². The molecule has 7 heteroatoms. The van der Waals surface area contributed by atoms with Crippen LogP contribution in [0, 0.1) is 17.5 Å². The minimum atomic E-state index is -3.20. The lowest BCUT2D eigenvalue weighted by Crippen LogP contribution is -2.15. The van der Waals surface area contributed by atoms with Gasteiger partial charge in [-0.15, -0.1) is 0 Å². The highest BCUT2D eigenvalue weighted by atomic mass is 32.2. The topological polar surface area (TPSA) is 46.2 Å². The molecule has 90 valence electrons. The number of anilines is 1. The second-order valence-corrected chi connectivity index (χ2v) is 5.57. The van der Waals surface area contributed by atoms with E-state index in [2.05, 4.69) is 5.32 Å². The summed E-state index contributed by atoms with van der Waals surface area (Å²) in [5.41, 5.74) is -0.388. The zero-order valence-electron chi connectivity index (χ0n) is 8.43. The molecule has 0 aliphatic carbocycles. The second-order valence-electron chi connectivity index (χ2n) is 3.31. The van der Waals surface area contributed by atoms with Crippen LogP contribution < -0.4 is 5.32 Å². The molecule has 0 fully saturated rings. The molecule has 0 aliphatic heterocycles. The fourth-order valence-electron chi connectivity index (χ4n) is 1.06. The Labute approximate surface area is 91.2 Å². The molecule has 1 N–H and O–H groups in total. The van der Waals surface area contributed by atoms with Crippen LogP contribution in [-0.4, -0.2) is 27.0 Å². The number of hydrogen-bond donors (Lipinski definition) is 1. The second kappa shape index (κ2) is 4.73. The van der Waals surface area contributed by atoms with Crippen LogP contribution in [-0.2, 0) is 9.84 Å². The zero-order valence-corrected chi connectivity index (χ0v) is 9.24. The van der Waals surface area contributed by atoms with Crippen LogP contribution in [0.25, 0.3) is 0 Å². The van der Waals surface area contributed by atoms with Crippen LogP contribution in [0.1, 0.15) is 0 Å². The smallest absolute Gasteiger partial charge is 0.182 e. The minimum absolute atomic E-state index is 0.112. The fourth-order valence-corrected chi connectivity index (χ4v) is 1.53. The summed E-state index contributed by atoms with van der Waals surface area (Å²) in [5.74, 6) is -3.72. The quantitative estimate of drug-likeness (QED) is 0.828. The lowest BCUT2D eigenvalue weighted by molar-refractivity contribution is 0.497. The number of halogens is 3. The summed E-state index contributed by atoms with van der Waals surface area (Å²) in [7, 11) is -3.20. The molecule has 1 rings (SSSR count). The van der Waals surface area contributed by atoms with Crippen LogP contribution in [0.4, 0.5) is 18.9 Å². The monoisotopic (exact) mass is 253 g/mol. The molecule has 0 spiro atoms. The Morgan fingerprint density at radius 1 is 1.25 bits per heavy atom. The van der Waals surface area contributed by atoms with Crippen molar-refractivity contribution in [3.05, 3.63) is 29.6 Å². The van der Waals surface area contributed by atoms with Crippen molar-refractivity contribution in [3.63, 3.8) is 0 Å². The maximum Gasteiger partial charge on any atom is 0.182 e. The van der Waals surface area contributed by atoms with E-state index < -0.39 is 27.3 Å². The summed E-state index contributed by atoms with van der Waals surface area (Å²) < 4.78 is 60.0. The molecule has 16 heavy (non-hydrogen) atoms. The minimum Gasteiger partial charge on any atom is -0.381 e. The summed E-state index contributed by atoms with van der Waals surface area (Å²) in [5, 5.41) is 2.32. The Morgan fingerprint density at radius 2 is 1.88 bits per heavy atom. The van der Waals surface area contributed by atoms with Crippen molar-refractivity contribution in [2.24, 2.45) is 0 Å². The van der Waals surface area contributed by atoms with E-state index in [1.165, 1.54) is 0 Å². The molecule has 0 aromatic heterocycles. The van der Waals surface area contributed by atoms with E-state index in [0.717, 1.165) is 12.3 Å². The molecule has 1 aromatic carbocycles. The molecule has 0 amide bonds. The van der Waals surface area contributed by atoms with Crippen molar-refractivity contribution in [2.75, 3.05) is 23.9 Å². The van der Waals surface area contributed by atoms with E-state index in [0.29, 0.717) is 6.07 Å². The Hall–Kier alpha value is -1.24. The third-order valence-corrected chi connectivity index (χ3v) is 2.73. The maximum atomic E-state index is 13.0. The van der Waals surface area contributed by atoms with Gasteiger partial charge in [-0.3, -0.25) is 0 Å². The number of rotatable bonds is 4. The lowest BCUT2D eigenvalue weighted by Gasteiger charge is -2.07. The van der Waals surface area contributed by atoms with Gasteiger partial charge in [0.25, 0.3) is 0 Å². The van der Waals surface area contributed by atoms with E-state index >= 15 is 0 Å². The molecule has 0 bridgehead atoms. The third kappa shape index (κ3) is 3.73. The van der Waals surface area contributed by atoms with Crippen molar-refractivity contribution in [1.82, 2.24) is 0 Å². The molecular formula is C9H10F3NO2S. The number of benzene rings is 1. The average molecular weight is 253 g/mol. The molecule has 0 atom stereocenters. The SMILES string of the molecule is CS(=O)(=O)CCNc1cc(F)cc(F)c1F. The Morgan fingerprint density at radius 3 is 2.44 bits per heavy atom. The first-order valence-corrected chi connectivity index (χ1v) is 6.42. The normalized spacial score (nSPS) is 11.5. The Bertz CT molecular complexity index is 488. The molecule has 0 radical (unpaired) electrons. The van der Waals surface area contributed by atoms with Crippen LogP contribution in [0.3, 0.4) is 0 Å². The van der Waals surface area contributed by atoms with E-state index in [4.69, 9.17) is 0 Å². The van der Waals surface area contributed by atoms with E-state index in [1.54, 1.807) is 0 Å². The van der Waals surface area contributed by atoms with Gasteiger partial charge >= 0.3 is 0 Å². The summed E-state index contributed by atoms with van der Waals surface area (Å²) in [6, 6.07) is 1.18. The first kappa shape index (κ1) is 12.8. The van der Waals surface area contributed by atoms with Crippen LogP contribution >= 0.6 is 0 Å². The van der Waals surface area contributed by atoms with Crippen LogP contribution in [0.2, 0.25) is 0 Å². The summed E-state index contributed by atoms with van der Waals surface area (Å²) in [4.78, 5) is 0. The van der Waals surface area contributed by atoms with Gasteiger partial charge in [-0.2, -0.15) is 0 Å². The zero-order chi connectivity index (χ0) is 12.3. The predicted molar refractivity (Wildman–Crippen MR) is 54.5 cm³/mol. The molecule has 0 saturated carbocycles. The van der Waals surface area contributed by atoms with Gasteiger partial charge in [0.05, 0.1) is 11.4 Å². The van der Waals surface area contributed by atoms with Gasteiger partial charge in [0.1, 0.15) is 15.7 Å². The molecule has 0 heterocycles. The number of sulfone groups is 1. The largest absolute Gasteiger partial charge is 0.381 e. The number of hydrogen-bond acceptors (Lipinski definition) is 3. The molecule has 3 nitrogen and oxygen atoms in total. The lowest BCUT2D eigenvalue weighted by atomic mass is 10.3. The Kier molecular flexibility index (Phi) is 3.79. The maximum absolute atomic E-state index is 13.0. The van der Waals surface area contributed by atoms with Gasteiger partial charge in [0, 0.05) is 24.9 Å². The average Bonchev–Trinajstić information content (AvgIpc) is 2.11. The standard InChI is InChI=1S/C9H10F3NO2S/c1-16(14,15)3-2-13-8-5-6(10)4-7(11)9(8)12/h4-5,13H,2-3H2,1H3. The van der Waals surface area contributed by atoms with Gasteiger partial charge < -0.3 is 5.32 Å². The van der Waals surface area contributed by atoms with Gasteiger partial charge in [-0.25, -0.2) is 21.6 Å². The molecule has 0 saturated heterocycles. The van der Waals surface area contributed by atoms with Crippen LogP contribution in [0.5, 0.6) is 0 Å². The Balaban J connectivity index is 2.75. The predicted octanol–water partition coefficient (Wildman–Crippen LogP) is 1.56. The third-order valence-electron chi connectivity index (χ3n) is 1.78. The van der Waals surface area contributed by atoms with Crippen molar-refractivity contribution >= 4 is 15.5 Å². The molecule has 0 unspecified atom stereocenters. The van der Waals surface area contributed by atoms with Crippen LogP contribution in [0.15, 0.2) is 12.1 Å². The fraction of sp³-hybridized carbons (Fsp3) is 0.333. The molecule has 0 aliphatic rings. The van der Waals surface area contributed by atoms with Gasteiger partial charge in [0.2, 0.25) is 0 Å². The van der Waals surface area contributed by atoms with E-state index in [1.807, 2.05) is 0 Å². The highest BCUT2D eigenvalue weighted by Crippen LogP contribution is 2.18. The van der Waals surface area contributed by atoms with Gasteiger partial charge in [0.15, 0.2) is 11.6 Å². The highest BCUT2D eigenvalue weighted by molar-refractivity contribution is 7.90. The van der Waals surface area contributed by atoms with E-state index in [9.17, 15) is 21.6 Å². The van der Waals surface area contributed by atoms with Gasteiger partial charge in [-0.1, -0.05) is 0 Å². The van der Waals surface area contributed by atoms with E-state index in [-0.39, 0.29) is 18.0 Å². The van der Waals surface area contributed by atoms with Crippen molar-refractivity contribution < 1.29 is 21.6 Å². The summed E-state index contributed by atoms with van der Waals surface area (Å²) in [6.45, 7) is -0.112.